The topological polar surface area (TPSA) is 116 Å². The molecule has 10 nitrogen and oxygen atoms in total. The standard InChI is InChI=1S/C31H25FN2O8S/c1-4-40-31(38)26-16(2)22(30(37)39-3)29(43-26)33-27(35)23-24(21-15-14-20(41-21)17-10-12-18(32)13-11-17)34(42-25(23)28(33)36)19-8-6-5-7-9-19/h5-15,23-25H,4H2,1-3H3/t23-,24+,25+/m1/s1. The van der Waals surface area contributed by atoms with E-state index >= 15 is 0 Å². The summed E-state index contributed by atoms with van der Waals surface area (Å²) in [5.41, 5.74) is 1.36. The van der Waals surface area contributed by atoms with Crippen molar-refractivity contribution in [2.45, 2.75) is 26.0 Å². The van der Waals surface area contributed by atoms with Crippen LogP contribution in [-0.4, -0.2) is 43.6 Å². The number of para-hydroxylation sites is 1. The number of thiophene rings is 1. The number of furan rings is 1. The Morgan fingerprint density at radius 3 is 2.37 bits per heavy atom. The van der Waals surface area contributed by atoms with E-state index in [9.17, 15) is 23.6 Å². The third kappa shape index (κ3) is 4.68. The second kappa shape index (κ2) is 11.1. The molecule has 2 aromatic carbocycles. The molecule has 0 spiro atoms. The van der Waals surface area contributed by atoms with Gasteiger partial charge in [-0.05, 0) is 67.9 Å². The molecule has 2 amide bonds. The fourth-order valence-corrected chi connectivity index (χ4v) is 6.57. The van der Waals surface area contributed by atoms with Crippen LogP contribution >= 0.6 is 11.3 Å². The minimum Gasteiger partial charge on any atom is -0.465 e. The number of imide groups is 1. The highest BCUT2D eigenvalue weighted by molar-refractivity contribution is 7.19. The van der Waals surface area contributed by atoms with Crippen LogP contribution in [0.1, 0.15) is 44.3 Å². The summed E-state index contributed by atoms with van der Waals surface area (Å²) >= 11 is 0.804. The van der Waals surface area contributed by atoms with Gasteiger partial charge in [0, 0.05) is 5.56 Å². The lowest BCUT2D eigenvalue weighted by molar-refractivity contribution is -0.126. The summed E-state index contributed by atoms with van der Waals surface area (Å²) < 4.78 is 29.8. The molecule has 220 valence electrons. The van der Waals surface area contributed by atoms with Crippen molar-refractivity contribution in [3.63, 3.8) is 0 Å². The summed E-state index contributed by atoms with van der Waals surface area (Å²) in [5, 5.41) is 1.43. The number of carbonyl (C=O) groups excluding carboxylic acids is 4. The van der Waals surface area contributed by atoms with Crippen molar-refractivity contribution < 1.29 is 42.3 Å². The molecule has 0 radical (unpaired) electrons. The molecule has 0 bridgehead atoms. The van der Waals surface area contributed by atoms with Crippen molar-refractivity contribution in [2.24, 2.45) is 5.92 Å². The number of methoxy groups -OCH3 is 1. The molecule has 12 heteroatoms. The Morgan fingerprint density at radius 1 is 0.977 bits per heavy atom. The molecule has 2 aliphatic heterocycles. The Morgan fingerprint density at radius 2 is 1.70 bits per heavy atom. The average Bonchev–Trinajstić information content (AvgIpc) is 3.77. The lowest BCUT2D eigenvalue weighted by Gasteiger charge is -2.27. The van der Waals surface area contributed by atoms with E-state index in [4.69, 9.17) is 18.7 Å². The van der Waals surface area contributed by atoms with E-state index in [1.807, 2.05) is 6.07 Å². The number of carbonyl (C=O) groups is 4. The van der Waals surface area contributed by atoms with E-state index in [-0.39, 0.29) is 27.6 Å². The highest BCUT2D eigenvalue weighted by Crippen LogP contribution is 2.50. The molecule has 0 N–H and O–H groups in total. The van der Waals surface area contributed by atoms with E-state index in [1.54, 1.807) is 55.5 Å². The van der Waals surface area contributed by atoms with Gasteiger partial charge in [0.25, 0.3) is 5.91 Å². The first-order chi connectivity index (χ1) is 20.7. The summed E-state index contributed by atoms with van der Waals surface area (Å²) in [6.07, 6.45) is -1.25. The minimum absolute atomic E-state index is 0.0446. The molecule has 43 heavy (non-hydrogen) atoms. The normalized spacial score (nSPS) is 19.6. The molecule has 3 atom stereocenters. The van der Waals surface area contributed by atoms with Crippen molar-refractivity contribution in [3.8, 4) is 11.3 Å². The zero-order chi connectivity index (χ0) is 30.4. The summed E-state index contributed by atoms with van der Waals surface area (Å²) in [4.78, 5) is 60.8. The zero-order valence-electron chi connectivity index (χ0n) is 23.2. The van der Waals surface area contributed by atoms with Crippen LogP contribution in [0, 0.1) is 18.7 Å². The van der Waals surface area contributed by atoms with Crippen LogP contribution < -0.4 is 9.96 Å². The molecule has 2 aliphatic rings. The second-order valence-electron chi connectivity index (χ2n) is 9.83. The van der Waals surface area contributed by atoms with E-state index in [2.05, 4.69) is 0 Å². The van der Waals surface area contributed by atoms with Gasteiger partial charge in [0.2, 0.25) is 5.91 Å². The van der Waals surface area contributed by atoms with Gasteiger partial charge in [-0.2, -0.15) is 0 Å². The van der Waals surface area contributed by atoms with Crippen LogP contribution in [0.2, 0.25) is 0 Å². The monoisotopic (exact) mass is 604 g/mol. The Labute approximate surface area is 249 Å². The minimum atomic E-state index is -1.25. The van der Waals surface area contributed by atoms with Gasteiger partial charge in [-0.15, -0.1) is 11.3 Å². The number of anilines is 2. The lowest BCUT2D eigenvalue weighted by Crippen LogP contribution is -2.37. The van der Waals surface area contributed by atoms with E-state index in [0.717, 1.165) is 16.2 Å². The molecule has 4 aromatic rings. The van der Waals surface area contributed by atoms with Gasteiger partial charge in [0.15, 0.2) is 6.10 Å². The highest BCUT2D eigenvalue weighted by Gasteiger charge is 2.62. The number of amides is 2. The van der Waals surface area contributed by atoms with E-state index < -0.39 is 47.6 Å². The predicted octanol–water partition coefficient (Wildman–Crippen LogP) is 5.47. The third-order valence-corrected chi connectivity index (χ3v) is 8.61. The number of hydrogen-bond donors (Lipinski definition) is 0. The van der Waals surface area contributed by atoms with Crippen molar-refractivity contribution in [1.82, 2.24) is 0 Å². The lowest BCUT2D eigenvalue weighted by atomic mass is 9.94. The molecule has 0 saturated carbocycles. The molecule has 2 saturated heterocycles. The molecule has 4 heterocycles. The second-order valence-corrected chi connectivity index (χ2v) is 10.8. The van der Waals surface area contributed by atoms with Crippen LogP contribution in [0.25, 0.3) is 11.3 Å². The molecule has 6 rings (SSSR count). The molecule has 0 unspecified atom stereocenters. The quantitative estimate of drug-likeness (QED) is 0.200. The van der Waals surface area contributed by atoms with Gasteiger partial charge in [-0.25, -0.2) is 23.9 Å². The van der Waals surface area contributed by atoms with Crippen LogP contribution in [0.4, 0.5) is 15.1 Å². The predicted molar refractivity (Wildman–Crippen MR) is 153 cm³/mol. The van der Waals surface area contributed by atoms with Gasteiger partial charge >= 0.3 is 11.9 Å². The molecule has 2 aromatic heterocycles. The summed E-state index contributed by atoms with van der Waals surface area (Å²) in [7, 11) is 1.17. The number of rotatable bonds is 7. The van der Waals surface area contributed by atoms with Crippen LogP contribution in [0.5, 0.6) is 0 Å². The maximum Gasteiger partial charge on any atom is 0.348 e. The number of halogens is 1. The van der Waals surface area contributed by atoms with Crippen molar-refractivity contribution in [1.29, 1.82) is 0 Å². The van der Waals surface area contributed by atoms with E-state index in [1.165, 1.54) is 31.2 Å². The van der Waals surface area contributed by atoms with Gasteiger partial charge in [0.05, 0.1) is 25.0 Å². The van der Waals surface area contributed by atoms with Crippen LogP contribution in [0.3, 0.4) is 0 Å². The van der Waals surface area contributed by atoms with Crippen molar-refractivity contribution in [2.75, 3.05) is 23.7 Å². The third-order valence-electron chi connectivity index (χ3n) is 7.35. The fraction of sp³-hybridized carbons (Fsp3) is 0.226. The van der Waals surface area contributed by atoms with Crippen LogP contribution in [0.15, 0.2) is 71.1 Å². The van der Waals surface area contributed by atoms with Crippen molar-refractivity contribution >= 4 is 45.8 Å². The zero-order valence-corrected chi connectivity index (χ0v) is 24.1. The van der Waals surface area contributed by atoms with Gasteiger partial charge in [0.1, 0.15) is 39.2 Å². The number of hydrogen-bond acceptors (Lipinski definition) is 10. The van der Waals surface area contributed by atoms with Gasteiger partial charge < -0.3 is 13.9 Å². The number of hydroxylamine groups is 1. The Balaban J connectivity index is 1.43. The largest absolute Gasteiger partial charge is 0.465 e. The maximum atomic E-state index is 14.2. The van der Waals surface area contributed by atoms with Gasteiger partial charge in [-0.1, -0.05) is 18.2 Å². The number of nitrogens with zero attached hydrogens (tertiary/aromatic N) is 2. The maximum absolute atomic E-state index is 14.2. The number of ether oxygens (including phenoxy) is 2. The van der Waals surface area contributed by atoms with Gasteiger partial charge in [-0.3, -0.25) is 14.4 Å². The number of esters is 2. The molecule has 0 aliphatic carbocycles. The van der Waals surface area contributed by atoms with E-state index in [0.29, 0.717) is 22.8 Å². The first kappa shape index (κ1) is 28.3. The Kier molecular flexibility index (Phi) is 7.32. The van der Waals surface area contributed by atoms with Crippen LogP contribution in [-0.2, 0) is 23.9 Å². The Hall–Kier alpha value is -4.81. The highest BCUT2D eigenvalue weighted by atomic mass is 32.1. The smallest absolute Gasteiger partial charge is 0.348 e. The number of fused-ring (bicyclic) bond motifs is 1. The SMILES string of the molecule is CCOC(=O)c1sc(N2C(=O)[C@H]3[C@H](ON(c4ccccc4)[C@H]3c3ccc(-c4ccc(F)cc4)o3)C2=O)c(C(=O)OC)c1C. The Bertz CT molecular complexity index is 1730. The molecule has 2 fully saturated rings. The fourth-order valence-electron chi connectivity index (χ4n) is 5.37. The first-order valence-electron chi connectivity index (χ1n) is 13.4. The average molecular weight is 605 g/mol. The van der Waals surface area contributed by atoms with Crippen molar-refractivity contribution in [3.05, 3.63) is 94.3 Å². The number of benzene rings is 2. The summed E-state index contributed by atoms with van der Waals surface area (Å²) in [6.45, 7) is 3.27. The summed E-state index contributed by atoms with van der Waals surface area (Å²) in [5.74, 6) is -3.54. The summed E-state index contributed by atoms with van der Waals surface area (Å²) in [6, 6.07) is 17.2. The molecular weight excluding hydrogens is 579 g/mol. The first-order valence-corrected chi connectivity index (χ1v) is 14.2. The molecular formula is C31H25FN2O8S.